The van der Waals surface area contributed by atoms with Crippen LogP contribution >= 0.6 is 0 Å². The molecule has 0 spiro atoms. The Balaban J connectivity index is 2.89. The van der Waals surface area contributed by atoms with Gasteiger partial charge in [-0.1, -0.05) is 12.1 Å². The topological polar surface area (TPSA) is 93.1 Å². The quantitative estimate of drug-likeness (QED) is 0.620. The molecule has 0 aliphatic carbocycles. The number of benzene rings is 1. The van der Waals surface area contributed by atoms with Crippen LogP contribution in [-0.4, -0.2) is 44.9 Å². The molecule has 7 heteroatoms. The maximum absolute atomic E-state index is 11.1. The third-order valence-corrected chi connectivity index (χ3v) is 5.26. The van der Waals surface area contributed by atoms with Crippen LogP contribution in [0.2, 0.25) is 6.04 Å². The van der Waals surface area contributed by atoms with Crippen LogP contribution in [0.5, 0.6) is 11.5 Å². The fraction of sp³-hybridized carbons (Fsp3) is 0.467. The Morgan fingerprint density at radius 3 is 2.41 bits per heavy atom. The number of ether oxygens (including phenoxy) is 2. The zero-order chi connectivity index (χ0) is 16.5. The highest BCUT2D eigenvalue weighted by Crippen LogP contribution is 2.25. The van der Waals surface area contributed by atoms with Crippen molar-refractivity contribution in [3.63, 3.8) is 0 Å². The molecule has 0 saturated carbocycles. The Morgan fingerprint density at radius 2 is 1.86 bits per heavy atom. The van der Waals surface area contributed by atoms with Crippen LogP contribution in [0.1, 0.15) is 20.3 Å². The van der Waals surface area contributed by atoms with E-state index >= 15 is 0 Å². The lowest BCUT2D eigenvalue weighted by atomic mass is 10.1. The average Bonchev–Trinajstić information content (AvgIpc) is 2.45. The largest absolute Gasteiger partial charge is 0.490 e. The molecule has 1 atom stereocenters. The van der Waals surface area contributed by atoms with Crippen molar-refractivity contribution in [1.82, 2.24) is 0 Å². The molecular weight excluding hydrogens is 304 g/mol. The second-order valence-electron chi connectivity index (χ2n) is 4.78. The summed E-state index contributed by atoms with van der Waals surface area (Å²) in [5.74, 6) is -1.69. The van der Waals surface area contributed by atoms with Gasteiger partial charge < -0.3 is 19.7 Å². The van der Waals surface area contributed by atoms with Gasteiger partial charge in [-0.25, -0.2) is 0 Å². The van der Waals surface area contributed by atoms with Crippen LogP contribution in [0.3, 0.4) is 0 Å². The van der Waals surface area contributed by atoms with Gasteiger partial charge in [0.15, 0.2) is 11.5 Å². The van der Waals surface area contributed by atoms with Gasteiger partial charge in [-0.3, -0.25) is 9.59 Å². The first-order chi connectivity index (χ1) is 10.5. The first kappa shape index (κ1) is 18.0. The van der Waals surface area contributed by atoms with Crippen LogP contribution in [-0.2, 0) is 9.59 Å². The van der Waals surface area contributed by atoms with Crippen molar-refractivity contribution in [2.75, 3.05) is 13.2 Å². The number of carbonyl (C=O) groups is 2. The molecule has 0 radical (unpaired) electrons. The Labute approximate surface area is 131 Å². The van der Waals surface area contributed by atoms with Gasteiger partial charge in [-0.15, -0.1) is 0 Å². The normalized spacial score (nSPS) is 12.3. The minimum Gasteiger partial charge on any atom is -0.490 e. The first-order valence-electron chi connectivity index (χ1n) is 7.31. The third-order valence-electron chi connectivity index (χ3n) is 3.18. The number of rotatable bonds is 10. The minimum absolute atomic E-state index is 0.350. The molecule has 0 aromatic heterocycles. The Kier molecular flexibility index (Phi) is 7.45. The Bertz CT molecular complexity index is 517. The van der Waals surface area contributed by atoms with E-state index in [1.54, 1.807) is 0 Å². The smallest absolute Gasteiger partial charge is 0.306 e. The van der Waals surface area contributed by atoms with Crippen LogP contribution in [0.4, 0.5) is 0 Å². The van der Waals surface area contributed by atoms with Gasteiger partial charge >= 0.3 is 11.9 Å². The van der Waals surface area contributed by atoms with Crippen LogP contribution in [0.25, 0.3) is 0 Å². The maximum Gasteiger partial charge on any atom is 0.306 e. The zero-order valence-electron chi connectivity index (χ0n) is 12.9. The molecule has 0 amide bonds. The van der Waals surface area contributed by atoms with Gasteiger partial charge in [-0.2, -0.15) is 0 Å². The van der Waals surface area contributed by atoms with Crippen molar-refractivity contribution in [2.24, 2.45) is 5.92 Å². The van der Waals surface area contributed by atoms with E-state index in [9.17, 15) is 9.59 Å². The lowest BCUT2D eigenvalue weighted by Crippen LogP contribution is -2.25. The first-order valence-corrected chi connectivity index (χ1v) is 9.02. The van der Waals surface area contributed by atoms with E-state index in [-0.39, 0.29) is 6.42 Å². The lowest BCUT2D eigenvalue weighted by Gasteiger charge is -2.16. The summed E-state index contributed by atoms with van der Waals surface area (Å²) in [4.78, 5) is 21.9. The predicted molar refractivity (Wildman–Crippen MR) is 85.1 cm³/mol. The number of para-hydroxylation sites is 1. The zero-order valence-corrected chi connectivity index (χ0v) is 14.3. The number of hydrogen-bond acceptors (Lipinski definition) is 4. The molecule has 22 heavy (non-hydrogen) atoms. The SMILES string of the molecule is CCOc1cccc([SiH2]CC(CC(=O)O)C(=O)O)c1OCC. The summed E-state index contributed by atoms with van der Waals surface area (Å²) >= 11 is 0. The van der Waals surface area contributed by atoms with Crippen molar-refractivity contribution in [2.45, 2.75) is 26.3 Å². The van der Waals surface area contributed by atoms with Crippen LogP contribution in [0, 0.1) is 5.92 Å². The number of carboxylic acid groups (broad SMARTS) is 2. The molecule has 122 valence electrons. The van der Waals surface area contributed by atoms with E-state index in [2.05, 4.69) is 0 Å². The summed E-state index contributed by atoms with van der Waals surface area (Å²) in [5.41, 5.74) is 0. The highest BCUT2D eigenvalue weighted by atomic mass is 28.2. The molecule has 0 aliphatic heterocycles. The fourth-order valence-corrected chi connectivity index (χ4v) is 4.11. The van der Waals surface area contributed by atoms with Gasteiger partial charge in [0.25, 0.3) is 0 Å². The van der Waals surface area contributed by atoms with E-state index in [1.165, 1.54) is 0 Å². The van der Waals surface area contributed by atoms with E-state index in [1.807, 2.05) is 32.0 Å². The number of hydrogen-bond donors (Lipinski definition) is 2. The van der Waals surface area contributed by atoms with Crippen molar-refractivity contribution < 1.29 is 29.3 Å². The molecule has 0 bridgehead atoms. The van der Waals surface area contributed by atoms with E-state index in [0.29, 0.717) is 30.8 Å². The molecule has 1 aromatic rings. The molecule has 2 N–H and O–H groups in total. The van der Waals surface area contributed by atoms with Crippen molar-refractivity contribution >= 4 is 26.6 Å². The van der Waals surface area contributed by atoms with Gasteiger partial charge in [0.2, 0.25) is 0 Å². The second-order valence-corrected chi connectivity index (χ2v) is 6.62. The average molecular weight is 326 g/mol. The molecule has 1 aromatic carbocycles. The summed E-state index contributed by atoms with van der Waals surface area (Å²) in [6.45, 7) is 4.76. The van der Waals surface area contributed by atoms with E-state index in [0.717, 1.165) is 5.19 Å². The Hall–Kier alpha value is -2.02. The molecule has 6 nitrogen and oxygen atoms in total. The Morgan fingerprint density at radius 1 is 1.18 bits per heavy atom. The molecule has 0 saturated heterocycles. The van der Waals surface area contributed by atoms with Crippen molar-refractivity contribution in [3.8, 4) is 11.5 Å². The molecule has 0 fully saturated rings. The molecule has 1 rings (SSSR count). The maximum atomic E-state index is 11.1. The standard InChI is InChI=1S/C15H22O6Si/c1-3-20-11-6-5-7-12(14(11)21-4-2)22-9-10(15(18)19)8-13(16)17/h5-7,10H,3-4,8-9,22H2,1-2H3,(H,16,17)(H,18,19). The fourth-order valence-electron chi connectivity index (χ4n) is 2.19. The van der Waals surface area contributed by atoms with Gasteiger partial charge in [-0.05, 0) is 31.1 Å². The van der Waals surface area contributed by atoms with Crippen LogP contribution < -0.4 is 14.7 Å². The molecular formula is C15H22O6Si. The third kappa shape index (κ3) is 5.40. The number of aliphatic carboxylic acids is 2. The summed E-state index contributed by atoms with van der Waals surface area (Å²) in [6.07, 6.45) is -0.350. The van der Waals surface area contributed by atoms with Crippen molar-refractivity contribution in [3.05, 3.63) is 18.2 Å². The highest BCUT2D eigenvalue weighted by molar-refractivity contribution is 6.55. The van der Waals surface area contributed by atoms with Gasteiger partial charge in [0, 0.05) is 0 Å². The molecule has 0 heterocycles. The lowest BCUT2D eigenvalue weighted by molar-refractivity contribution is -0.147. The summed E-state index contributed by atoms with van der Waals surface area (Å²) in [6, 6.07) is 5.94. The van der Waals surface area contributed by atoms with Gasteiger partial charge in [0.1, 0.15) is 0 Å². The van der Waals surface area contributed by atoms with Crippen molar-refractivity contribution in [1.29, 1.82) is 0 Å². The molecule has 0 aliphatic rings. The van der Waals surface area contributed by atoms with Crippen LogP contribution in [0.15, 0.2) is 18.2 Å². The predicted octanol–water partition coefficient (Wildman–Crippen LogP) is 0.872. The summed E-state index contributed by atoms with van der Waals surface area (Å²) in [5, 5.41) is 18.9. The minimum atomic E-state index is -1.09. The van der Waals surface area contributed by atoms with Gasteiger partial charge in [0.05, 0.1) is 35.1 Å². The van der Waals surface area contributed by atoms with E-state index in [4.69, 9.17) is 19.7 Å². The summed E-state index contributed by atoms with van der Waals surface area (Å²) < 4.78 is 11.2. The van der Waals surface area contributed by atoms with E-state index < -0.39 is 27.4 Å². The second kappa shape index (κ2) is 9.09. The summed E-state index contributed by atoms with van der Waals surface area (Å²) in [7, 11) is -0.981. The monoisotopic (exact) mass is 326 g/mol. The number of carboxylic acids is 2. The molecule has 1 unspecified atom stereocenters. The highest BCUT2D eigenvalue weighted by Gasteiger charge is 2.22.